The second-order valence-corrected chi connectivity index (χ2v) is 5.74. The summed E-state index contributed by atoms with van der Waals surface area (Å²) in [5.41, 5.74) is 0. The van der Waals surface area contributed by atoms with Crippen LogP contribution in [0, 0.1) is 47.3 Å². The minimum Gasteiger partial charge on any atom is -0.299 e. The molecule has 1 heteroatoms. The van der Waals surface area contributed by atoms with Crippen LogP contribution in [0.15, 0.2) is 0 Å². The molecule has 1 nitrogen and oxygen atoms in total. The molecule has 0 saturated heterocycles. The Morgan fingerprint density at radius 2 is 1.58 bits per heavy atom. The fourth-order valence-corrected chi connectivity index (χ4v) is 6.10. The zero-order chi connectivity index (χ0) is 7.61. The molecule has 0 aromatic carbocycles. The zero-order valence-corrected chi connectivity index (χ0v) is 6.94. The normalized spacial score (nSPS) is 79.2. The lowest BCUT2D eigenvalue weighted by atomic mass is 9.60. The molecular weight excluding hydrogens is 148 g/mol. The molecule has 12 heavy (non-hydrogen) atoms. The van der Waals surface area contributed by atoms with Gasteiger partial charge in [0.05, 0.1) is 0 Å². The first-order valence-electron chi connectivity index (χ1n) is 5.41. The standard InChI is InChI=1S/C11H12O/c12-11-8-4-2-5-7-3(4)1-6(8)9(7)10(5)11/h3-10H,1-2H2/t3-,4-,5+,6+,7+,8-,9+,10-/m1/s1. The SMILES string of the molecule is O=C1[C@@H]2[C@@H]3C[C@@H]4[C@@H]1[C@H]1[C@H]2C[C@H]3[C@@H]41. The minimum atomic E-state index is 0.583. The van der Waals surface area contributed by atoms with Crippen molar-refractivity contribution in [3.63, 3.8) is 0 Å². The Balaban J connectivity index is 1.91. The Hall–Kier alpha value is -0.330. The Kier molecular flexibility index (Phi) is 0.547. The maximum absolute atomic E-state index is 11.9. The van der Waals surface area contributed by atoms with Gasteiger partial charge in [-0.2, -0.15) is 0 Å². The second-order valence-electron chi connectivity index (χ2n) is 5.74. The number of carbonyl (C=O) groups is 1. The molecule has 0 unspecified atom stereocenters. The van der Waals surface area contributed by atoms with E-state index in [1.807, 2.05) is 0 Å². The number of hydrogen-bond acceptors (Lipinski definition) is 1. The first-order chi connectivity index (χ1) is 5.88. The van der Waals surface area contributed by atoms with Crippen LogP contribution in [0.3, 0.4) is 0 Å². The van der Waals surface area contributed by atoms with Crippen molar-refractivity contribution in [3.8, 4) is 0 Å². The Morgan fingerprint density at radius 3 is 2.50 bits per heavy atom. The van der Waals surface area contributed by atoms with E-state index in [2.05, 4.69) is 0 Å². The van der Waals surface area contributed by atoms with E-state index in [0.717, 1.165) is 35.5 Å². The van der Waals surface area contributed by atoms with Gasteiger partial charge in [-0.3, -0.25) is 4.79 Å². The molecule has 0 heterocycles. The zero-order valence-electron chi connectivity index (χ0n) is 6.94. The predicted molar refractivity (Wildman–Crippen MR) is 42.2 cm³/mol. The van der Waals surface area contributed by atoms with Gasteiger partial charge in [0.25, 0.3) is 0 Å². The van der Waals surface area contributed by atoms with Gasteiger partial charge in [-0.05, 0) is 48.3 Å². The van der Waals surface area contributed by atoms with Crippen molar-refractivity contribution in [2.24, 2.45) is 47.3 Å². The number of Topliss-reactive ketones (excluding diaryl/α,β-unsaturated/α-hetero) is 1. The van der Waals surface area contributed by atoms with Crippen molar-refractivity contribution in [1.82, 2.24) is 0 Å². The molecule has 5 rings (SSSR count). The quantitative estimate of drug-likeness (QED) is 0.522. The monoisotopic (exact) mass is 160 g/mol. The van der Waals surface area contributed by atoms with Gasteiger partial charge in [-0.1, -0.05) is 0 Å². The molecule has 62 valence electrons. The molecule has 0 spiro atoms. The lowest BCUT2D eigenvalue weighted by Crippen LogP contribution is -2.44. The maximum Gasteiger partial charge on any atom is 0.140 e. The van der Waals surface area contributed by atoms with Crippen LogP contribution >= 0.6 is 0 Å². The van der Waals surface area contributed by atoms with Gasteiger partial charge in [-0.25, -0.2) is 0 Å². The third kappa shape index (κ3) is 0.272. The van der Waals surface area contributed by atoms with E-state index < -0.39 is 0 Å². The molecule has 0 aliphatic heterocycles. The summed E-state index contributed by atoms with van der Waals surface area (Å²) in [5.74, 6) is 7.54. The van der Waals surface area contributed by atoms with Crippen LogP contribution in [0.5, 0.6) is 0 Å². The molecule has 0 amide bonds. The van der Waals surface area contributed by atoms with Crippen molar-refractivity contribution in [2.45, 2.75) is 12.8 Å². The summed E-state index contributed by atoms with van der Waals surface area (Å²) in [6, 6.07) is 0. The summed E-state index contributed by atoms with van der Waals surface area (Å²) in [4.78, 5) is 11.9. The highest BCUT2D eigenvalue weighted by Gasteiger charge is 2.80. The summed E-state index contributed by atoms with van der Waals surface area (Å²) in [6.45, 7) is 0. The molecule has 5 saturated carbocycles. The third-order valence-electron chi connectivity index (χ3n) is 6.02. The van der Waals surface area contributed by atoms with E-state index in [-0.39, 0.29) is 0 Å². The highest BCUT2D eigenvalue weighted by atomic mass is 16.1. The Labute approximate surface area is 71.5 Å². The van der Waals surface area contributed by atoms with Crippen LogP contribution in [0.1, 0.15) is 12.8 Å². The summed E-state index contributed by atoms with van der Waals surface area (Å²) >= 11 is 0. The average molecular weight is 160 g/mol. The molecule has 0 radical (unpaired) electrons. The largest absolute Gasteiger partial charge is 0.299 e. The van der Waals surface area contributed by atoms with Crippen molar-refractivity contribution >= 4 is 5.78 Å². The first kappa shape index (κ1) is 5.41. The van der Waals surface area contributed by atoms with Gasteiger partial charge in [0.15, 0.2) is 0 Å². The van der Waals surface area contributed by atoms with Gasteiger partial charge in [0.1, 0.15) is 5.78 Å². The highest BCUT2D eigenvalue weighted by Crippen LogP contribution is 2.81. The summed E-state index contributed by atoms with van der Waals surface area (Å²) in [5, 5.41) is 0. The van der Waals surface area contributed by atoms with Crippen LogP contribution in [0.4, 0.5) is 0 Å². The van der Waals surface area contributed by atoms with E-state index in [4.69, 9.17) is 0 Å². The fraction of sp³-hybridized carbons (Fsp3) is 0.909. The van der Waals surface area contributed by atoms with Crippen LogP contribution in [-0.4, -0.2) is 5.78 Å². The maximum atomic E-state index is 11.9. The fourth-order valence-electron chi connectivity index (χ4n) is 6.10. The average Bonchev–Trinajstić information content (AvgIpc) is 2.47. The second kappa shape index (κ2) is 1.21. The van der Waals surface area contributed by atoms with E-state index in [1.165, 1.54) is 12.8 Å². The number of ketones is 1. The molecule has 0 aromatic rings. The number of rotatable bonds is 0. The number of carbonyl (C=O) groups excluding carboxylic acids is 1. The summed E-state index contributed by atoms with van der Waals surface area (Å²) in [7, 11) is 0. The van der Waals surface area contributed by atoms with Crippen molar-refractivity contribution in [3.05, 3.63) is 0 Å². The molecular formula is C11H12O. The van der Waals surface area contributed by atoms with Crippen LogP contribution in [-0.2, 0) is 4.79 Å². The van der Waals surface area contributed by atoms with Crippen molar-refractivity contribution in [2.75, 3.05) is 0 Å². The van der Waals surface area contributed by atoms with E-state index in [1.54, 1.807) is 0 Å². The van der Waals surface area contributed by atoms with Crippen LogP contribution < -0.4 is 0 Å². The highest BCUT2D eigenvalue weighted by molar-refractivity contribution is 5.91. The topological polar surface area (TPSA) is 17.1 Å². The van der Waals surface area contributed by atoms with Gasteiger partial charge in [0.2, 0.25) is 0 Å². The van der Waals surface area contributed by atoms with Crippen LogP contribution in [0.2, 0.25) is 0 Å². The molecule has 0 aromatic heterocycles. The summed E-state index contributed by atoms with van der Waals surface area (Å²) in [6.07, 6.45) is 2.90. The summed E-state index contributed by atoms with van der Waals surface area (Å²) < 4.78 is 0. The van der Waals surface area contributed by atoms with Crippen LogP contribution in [0.25, 0.3) is 0 Å². The Bertz CT molecular complexity index is 315. The molecule has 5 aliphatic carbocycles. The van der Waals surface area contributed by atoms with Gasteiger partial charge in [-0.15, -0.1) is 0 Å². The lowest BCUT2D eigenvalue weighted by Gasteiger charge is -2.43. The third-order valence-corrected chi connectivity index (χ3v) is 6.02. The molecule has 8 atom stereocenters. The lowest BCUT2D eigenvalue weighted by molar-refractivity contribution is -0.132. The molecule has 0 N–H and O–H groups in total. The smallest absolute Gasteiger partial charge is 0.140 e. The number of fused-ring (bicyclic) bond motifs is 2. The van der Waals surface area contributed by atoms with Crippen molar-refractivity contribution in [1.29, 1.82) is 0 Å². The van der Waals surface area contributed by atoms with E-state index >= 15 is 0 Å². The number of hydrogen-bond donors (Lipinski definition) is 0. The van der Waals surface area contributed by atoms with Crippen molar-refractivity contribution < 1.29 is 4.79 Å². The Morgan fingerprint density at radius 1 is 0.833 bits per heavy atom. The van der Waals surface area contributed by atoms with E-state index in [9.17, 15) is 4.79 Å². The first-order valence-corrected chi connectivity index (χ1v) is 5.41. The molecule has 5 aliphatic rings. The van der Waals surface area contributed by atoms with E-state index in [0.29, 0.717) is 17.6 Å². The molecule has 2 bridgehead atoms. The molecule has 5 fully saturated rings. The minimum absolute atomic E-state index is 0.583. The van der Waals surface area contributed by atoms with Gasteiger partial charge >= 0.3 is 0 Å². The van der Waals surface area contributed by atoms with Gasteiger partial charge in [0, 0.05) is 11.8 Å². The van der Waals surface area contributed by atoms with Gasteiger partial charge < -0.3 is 0 Å². The predicted octanol–water partition coefficient (Wildman–Crippen LogP) is 1.33.